The molecule has 1 N–H and O–H groups in total. The molecule has 0 spiro atoms. The highest BCUT2D eigenvalue weighted by molar-refractivity contribution is 7.45. The van der Waals surface area contributed by atoms with Crippen LogP contribution in [0.3, 0.4) is 0 Å². The van der Waals surface area contributed by atoms with E-state index in [4.69, 9.17) is 13.8 Å². The van der Waals surface area contributed by atoms with Crippen LogP contribution in [0.1, 0.15) is 252 Å². The van der Waals surface area contributed by atoms with Crippen molar-refractivity contribution in [2.75, 3.05) is 40.9 Å². The molecule has 462 valence electrons. The molecule has 0 aromatic heterocycles. The number of hydrogen-bond donors (Lipinski definition) is 1. The second kappa shape index (κ2) is 59.3. The first kappa shape index (κ1) is 77.2. The number of carbonyl (C=O) groups excluding carboxylic acids is 2. The molecule has 0 aromatic carbocycles. The Labute approximate surface area is 498 Å². The Bertz CT molecular complexity index is 1850. The Balaban J connectivity index is 5.37. The Hall–Kier alpha value is -3.85. The van der Waals surface area contributed by atoms with Gasteiger partial charge in [0.25, 0.3) is 7.82 Å². The van der Waals surface area contributed by atoms with Gasteiger partial charge in [-0.2, -0.15) is 0 Å². The first-order valence-electron chi connectivity index (χ1n) is 32.5. The van der Waals surface area contributed by atoms with Crippen molar-refractivity contribution in [3.8, 4) is 0 Å². The minimum atomic E-state index is -4.73. The number of rotatable bonds is 57. The molecule has 0 rings (SSSR count). The smallest absolute Gasteiger partial charge is 0.306 e. The van der Waals surface area contributed by atoms with E-state index in [1.165, 1.54) is 103 Å². The van der Waals surface area contributed by atoms with Crippen LogP contribution in [0.5, 0.6) is 0 Å². The number of amides is 1. The largest absolute Gasteiger partial charge is 0.756 e. The van der Waals surface area contributed by atoms with Crippen LogP contribution in [0, 0.1) is 0 Å². The lowest BCUT2D eigenvalue weighted by atomic mass is 10.0. The van der Waals surface area contributed by atoms with E-state index in [2.05, 4.69) is 135 Å². The molecule has 0 saturated carbocycles. The topological polar surface area (TPSA) is 114 Å². The molecule has 0 aliphatic carbocycles. The number of phosphoric acid groups is 1. The van der Waals surface area contributed by atoms with Gasteiger partial charge in [0.1, 0.15) is 19.3 Å². The first-order valence-corrected chi connectivity index (χ1v) is 34.0. The van der Waals surface area contributed by atoms with Crippen molar-refractivity contribution in [3.05, 3.63) is 134 Å². The molecule has 9 nitrogen and oxygen atoms in total. The summed E-state index contributed by atoms with van der Waals surface area (Å²) in [5.41, 5.74) is 0. The van der Waals surface area contributed by atoms with Crippen LogP contribution in [-0.2, 0) is 27.9 Å². The number of likely N-dealkylation sites (N-methyl/N-ethyl adjacent to an activating group) is 1. The highest BCUT2D eigenvalue weighted by Crippen LogP contribution is 2.38. The summed E-state index contributed by atoms with van der Waals surface area (Å²) in [5.74, 6) is -0.658. The fourth-order valence-corrected chi connectivity index (χ4v) is 9.31. The SMILES string of the molecule is CC/C=C\C/C=C\C/C=C\C/C=C\C/C=C\C/C=C\CCC(=O)OC(/C=C\CCCCCCCCCCCCC)C(COP(=O)([O-])OCC[N+](C)(C)C)NC(=O)CCCCCCCCC/C=C\C/C=C\C/C=C\C/C=C\CCCCC. The lowest BCUT2D eigenvalue weighted by Gasteiger charge is -2.30. The number of ether oxygens (including phenoxy) is 1. The van der Waals surface area contributed by atoms with Crippen LogP contribution in [0.2, 0.25) is 0 Å². The maximum atomic E-state index is 13.6. The van der Waals surface area contributed by atoms with Crippen LogP contribution in [0.25, 0.3) is 0 Å². The summed E-state index contributed by atoms with van der Waals surface area (Å²) in [6.07, 6.45) is 84.3. The molecule has 0 bridgehead atoms. The summed E-state index contributed by atoms with van der Waals surface area (Å²) >= 11 is 0. The van der Waals surface area contributed by atoms with Gasteiger partial charge in [0.2, 0.25) is 5.91 Å². The molecule has 0 radical (unpaired) electrons. The zero-order valence-corrected chi connectivity index (χ0v) is 53.6. The minimum Gasteiger partial charge on any atom is -0.756 e. The average Bonchev–Trinajstić information content (AvgIpc) is 3.44. The van der Waals surface area contributed by atoms with Crippen molar-refractivity contribution in [3.63, 3.8) is 0 Å². The zero-order valence-electron chi connectivity index (χ0n) is 52.7. The van der Waals surface area contributed by atoms with Gasteiger partial charge in [0.05, 0.1) is 33.8 Å². The number of phosphoric ester groups is 1. The Morgan fingerprint density at radius 1 is 0.444 bits per heavy atom. The number of allylic oxidation sites excluding steroid dienone is 21. The van der Waals surface area contributed by atoms with Crippen molar-refractivity contribution >= 4 is 19.7 Å². The van der Waals surface area contributed by atoms with E-state index in [1.54, 1.807) is 6.08 Å². The summed E-state index contributed by atoms with van der Waals surface area (Å²) in [4.78, 5) is 40.0. The molecule has 0 aliphatic heterocycles. The molecular formula is C71H121N2O7P. The van der Waals surface area contributed by atoms with E-state index in [0.29, 0.717) is 23.9 Å². The standard InChI is InChI=1S/C71H121N2O7P/c1-7-10-13-16-19-22-25-28-30-32-34-35-36-37-39-40-42-45-48-51-54-57-60-63-70(74)72-68(67-79-81(76,77)78-66-65-73(4,5)6)69(62-59-56-53-50-47-44-27-24-21-18-15-12-9-3)80-71(75)64-61-58-55-52-49-46-43-41-38-33-31-29-26-23-20-17-14-11-8-2/h11,14,19-20,22-23,28-31,34-35,37-39,41,46,49,55,58-59,62,68-69H,7-10,12-13,15-18,21,24-27,32-33,36,40,42-45,47-48,50-54,56-57,60-61,63-67H2,1-6H3,(H-,72,74,76,77)/b14-11-,22-19-,23-20-,30-28-,31-29-,35-34-,39-37-,41-38-,49-46-,58-55-,62-59-. The van der Waals surface area contributed by atoms with Crippen molar-refractivity contribution in [2.45, 2.75) is 264 Å². The average molecular weight is 1150 g/mol. The number of nitrogens with zero attached hydrogens (tertiary/aromatic N) is 1. The van der Waals surface area contributed by atoms with Crippen molar-refractivity contribution in [2.24, 2.45) is 0 Å². The van der Waals surface area contributed by atoms with Crippen LogP contribution >= 0.6 is 7.82 Å². The fraction of sp³-hybridized carbons (Fsp3) is 0.662. The summed E-state index contributed by atoms with van der Waals surface area (Å²) in [5, 5.41) is 3.01. The molecular weight excluding hydrogens is 1020 g/mol. The predicted molar refractivity (Wildman–Crippen MR) is 348 cm³/mol. The maximum absolute atomic E-state index is 13.6. The van der Waals surface area contributed by atoms with E-state index in [-0.39, 0.29) is 25.4 Å². The monoisotopic (exact) mass is 1140 g/mol. The second-order valence-electron chi connectivity index (χ2n) is 22.5. The van der Waals surface area contributed by atoms with E-state index < -0.39 is 32.5 Å². The van der Waals surface area contributed by atoms with Crippen LogP contribution < -0.4 is 10.2 Å². The van der Waals surface area contributed by atoms with Gasteiger partial charge < -0.3 is 28.5 Å². The van der Waals surface area contributed by atoms with Gasteiger partial charge >= 0.3 is 5.97 Å². The molecule has 0 aromatic rings. The Morgan fingerprint density at radius 2 is 0.802 bits per heavy atom. The molecule has 0 fully saturated rings. The highest BCUT2D eigenvalue weighted by Gasteiger charge is 2.27. The van der Waals surface area contributed by atoms with Crippen LogP contribution in [0.4, 0.5) is 0 Å². The number of unbranched alkanes of at least 4 members (excludes halogenated alkanes) is 21. The van der Waals surface area contributed by atoms with E-state index in [0.717, 1.165) is 103 Å². The van der Waals surface area contributed by atoms with Crippen molar-refractivity contribution < 1.29 is 37.3 Å². The normalized spacial score (nSPS) is 14.5. The molecule has 3 unspecified atom stereocenters. The number of carbonyl (C=O) groups is 2. The Morgan fingerprint density at radius 3 is 1.23 bits per heavy atom. The summed E-state index contributed by atoms with van der Waals surface area (Å²) in [7, 11) is 1.12. The number of hydrogen-bond acceptors (Lipinski definition) is 7. The minimum absolute atomic E-state index is 0.0431. The van der Waals surface area contributed by atoms with Crippen LogP contribution in [0.15, 0.2) is 134 Å². The van der Waals surface area contributed by atoms with Crippen LogP contribution in [-0.4, -0.2) is 69.4 Å². The third kappa shape index (κ3) is 60.6. The number of esters is 1. The summed E-state index contributed by atoms with van der Waals surface area (Å²) < 4.78 is 30.3. The van der Waals surface area contributed by atoms with Gasteiger partial charge in [-0.25, -0.2) is 0 Å². The molecule has 0 saturated heterocycles. The van der Waals surface area contributed by atoms with Gasteiger partial charge in [-0.1, -0.05) is 258 Å². The fourth-order valence-electron chi connectivity index (χ4n) is 8.59. The lowest BCUT2D eigenvalue weighted by Crippen LogP contribution is -2.47. The predicted octanol–water partition coefficient (Wildman–Crippen LogP) is 19.8. The van der Waals surface area contributed by atoms with Gasteiger partial charge in [-0.05, 0) is 115 Å². The molecule has 1 amide bonds. The molecule has 81 heavy (non-hydrogen) atoms. The van der Waals surface area contributed by atoms with Gasteiger partial charge in [-0.3, -0.25) is 14.2 Å². The molecule has 3 atom stereocenters. The summed E-state index contributed by atoms with van der Waals surface area (Å²) in [6.45, 7) is 6.63. The third-order valence-electron chi connectivity index (χ3n) is 13.6. The molecule has 0 aliphatic rings. The lowest BCUT2D eigenvalue weighted by molar-refractivity contribution is -0.870. The Kier molecular flexibility index (Phi) is 56.5. The third-order valence-corrected chi connectivity index (χ3v) is 14.5. The highest BCUT2D eigenvalue weighted by atomic mass is 31.2. The maximum Gasteiger partial charge on any atom is 0.306 e. The quantitative estimate of drug-likeness (QED) is 0.0212. The zero-order chi connectivity index (χ0) is 59.3. The van der Waals surface area contributed by atoms with Crippen molar-refractivity contribution in [1.29, 1.82) is 0 Å². The number of nitrogens with one attached hydrogen (secondary N) is 1. The second-order valence-corrected chi connectivity index (χ2v) is 23.9. The van der Waals surface area contributed by atoms with E-state index >= 15 is 0 Å². The molecule has 0 heterocycles. The van der Waals surface area contributed by atoms with E-state index in [1.807, 2.05) is 39.4 Å². The van der Waals surface area contributed by atoms with Gasteiger partial charge in [0, 0.05) is 12.8 Å². The molecule has 10 heteroatoms. The van der Waals surface area contributed by atoms with Gasteiger partial charge in [0.15, 0.2) is 0 Å². The first-order chi connectivity index (χ1) is 39.4. The summed E-state index contributed by atoms with van der Waals surface area (Å²) in [6, 6.07) is -0.935. The number of quaternary nitrogens is 1. The van der Waals surface area contributed by atoms with Gasteiger partial charge in [-0.15, -0.1) is 0 Å². The van der Waals surface area contributed by atoms with Crippen molar-refractivity contribution in [1.82, 2.24) is 5.32 Å². The van der Waals surface area contributed by atoms with E-state index in [9.17, 15) is 19.0 Å².